The lowest BCUT2D eigenvalue weighted by atomic mass is 9.99. The first-order chi connectivity index (χ1) is 9.47. The third-order valence-corrected chi connectivity index (χ3v) is 4.02. The Balaban J connectivity index is 2.07. The molecule has 2 rings (SSSR count). The molecule has 2 amide bonds. The molecular weight excluding hydrogens is 280 g/mol. The fourth-order valence-corrected chi connectivity index (χ4v) is 2.63. The van der Waals surface area contributed by atoms with E-state index in [9.17, 15) is 9.59 Å². The van der Waals surface area contributed by atoms with E-state index in [2.05, 4.69) is 20.9 Å². The van der Waals surface area contributed by atoms with Crippen LogP contribution in [0.1, 0.15) is 10.6 Å². The van der Waals surface area contributed by atoms with Crippen molar-refractivity contribution in [3.05, 3.63) is 10.6 Å². The number of hydrogen-bond acceptors (Lipinski definition) is 7. The highest BCUT2D eigenvalue weighted by Crippen LogP contribution is 2.21. The molecule has 108 valence electrons. The Hall–Kier alpha value is -2.00. The maximum Gasteiger partial charge on any atom is 0.272 e. The number of aromatic nitrogens is 1. The van der Waals surface area contributed by atoms with Gasteiger partial charge in [-0.2, -0.15) is 0 Å². The molecule has 0 aliphatic carbocycles. The highest BCUT2D eigenvalue weighted by molar-refractivity contribution is 7.15. The molecule has 1 saturated heterocycles. The zero-order chi connectivity index (χ0) is 14.9. The zero-order valence-electron chi connectivity index (χ0n) is 11.1. The number of amides is 2. The van der Waals surface area contributed by atoms with Crippen LogP contribution in [0, 0.1) is 12.3 Å². The van der Waals surface area contributed by atoms with Crippen LogP contribution in [0.5, 0.6) is 0 Å². The number of nitrogens with zero attached hydrogens (tertiary/aromatic N) is 1. The lowest BCUT2D eigenvalue weighted by molar-refractivity contribution is -0.134. The Morgan fingerprint density at radius 1 is 1.60 bits per heavy atom. The fraction of sp³-hybridized carbons (Fsp3) is 0.455. The summed E-state index contributed by atoms with van der Waals surface area (Å²) in [6, 6.07) is -0.945. The summed E-state index contributed by atoms with van der Waals surface area (Å²) < 4.78 is 0. The number of nitrogens with two attached hydrogens (primary N) is 1. The highest BCUT2D eigenvalue weighted by atomic mass is 32.1. The van der Waals surface area contributed by atoms with Gasteiger partial charge in [0.15, 0.2) is 5.13 Å². The summed E-state index contributed by atoms with van der Waals surface area (Å²) in [5, 5.41) is 16.5. The predicted molar refractivity (Wildman–Crippen MR) is 76.1 cm³/mol. The van der Waals surface area contributed by atoms with Gasteiger partial charge >= 0.3 is 0 Å². The fourth-order valence-electron chi connectivity index (χ4n) is 1.86. The van der Waals surface area contributed by atoms with E-state index in [1.807, 2.05) is 0 Å². The maximum absolute atomic E-state index is 12.0. The first-order valence-electron chi connectivity index (χ1n) is 6.03. The van der Waals surface area contributed by atoms with Gasteiger partial charge in [-0.3, -0.25) is 15.0 Å². The van der Waals surface area contributed by atoms with Crippen LogP contribution in [0.3, 0.4) is 0 Å². The second kappa shape index (κ2) is 5.55. The SMILES string of the molecule is CNc1nc(C(=N)C(=O)NC2C(=O)NC2CN)c(C)s1. The largest absolute Gasteiger partial charge is 0.365 e. The minimum atomic E-state index is -0.671. The van der Waals surface area contributed by atoms with E-state index in [-0.39, 0.29) is 24.2 Å². The van der Waals surface area contributed by atoms with Crippen molar-refractivity contribution in [1.82, 2.24) is 15.6 Å². The van der Waals surface area contributed by atoms with Crippen molar-refractivity contribution in [3.63, 3.8) is 0 Å². The first-order valence-corrected chi connectivity index (χ1v) is 6.85. The van der Waals surface area contributed by atoms with Gasteiger partial charge in [0.1, 0.15) is 17.4 Å². The zero-order valence-corrected chi connectivity index (χ0v) is 11.9. The molecule has 2 atom stereocenters. The van der Waals surface area contributed by atoms with Crippen LogP contribution in [-0.2, 0) is 9.59 Å². The molecule has 0 saturated carbocycles. The van der Waals surface area contributed by atoms with Gasteiger partial charge in [-0.05, 0) is 6.92 Å². The van der Waals surface area contributed by atoms with Crippen LogP contribution in [0.4, 0.5) is 5.13 Å². The third kappa shape index (κ3) is 2.49. The van der Waals surface area contributed by atoms with Crippen molar-refractivity contribution in [2.75, 3.05) is 18.9 Å². The molecule has 0 radical (unpaired) electrons. The molecule has 2 heterocycles. The molecule has 1 aromatic heterocycles. The van der Waals surface area contributed by atoms with Crippen LogP contribution in [0.15, 0.2) is 0 Å². The van der Waals surface area contributed by atoms with E-state index >= 15 is 0 Å². The van der Waals surface area contributed by atoms with E-state index in [0.717, 1.165) is 4.88 Å². The number of hydrogen-bond donors (Lipinski definition) is 5. The highest BCUT2D eigenvalue weighted by Gasteiger charge is 2.40. The van der Waals surface area contributed by atoms with Gasteiger partial charge in [-0.1, -0.05) is 0 Å². The van der Waals surface area contributed by atoms with Crippen molar-refractivity contribution < 1.29 is 9.59 Å². The van der Waals surface area contributed by atoms with Crippen molar-refractivity contribution in [1.29, 1.82) is 5.41 Å². The van der Waals surface area contributed by atoms with Crippen LogP contribution in [-0.4, -0.2) is 48.2 Å². The van der Waals surface area contributed by atoms with E-state index in [4.69, 9.17) is 11.1 Å². The van der Waals surface area contributed by atoms with E-state index < -0.39 is 11.9 Å². The van der Waals surface area contributed by atoms with Gasteiger partial charge in [-0.25, -0.2) is 4.98 Å². The predicted octanol–water partition coefficient (Wildman–Crippen LogP) is -1.20. The van der Waals surface area contributed by atoms with Crippen molar-refractivity contribution in [2.24, 2.45) is 5.73 Å². The summed E-state index contributed by atoms with van der Waals surface area (Å²) >= 11 is 1.36. The molecule has 1 aliphatic heterocycles. The number of β-lactam (4-membered cyclic amide) rings is 1. The minimum absolute atomic E-state index is 0.240. The Morgan fingerprint density at radius 3 is 2.80 bits per heavy atom. The van der Waals surface area contributed by atoms with E-state index in [0.29, 0.717) is 10.8 Å². The normalized spacial score (nSPS) is 20.9. The molecule has 2 unspecified atom stereocenters. The van der Waals surface area contributed by atoms with Gasteiger partial charge < -0.3 is 21.7 Å². The number of rotatable bonds is 5. The maximum atomic E-state index is 12.0. The standard InChI is InChI=1S/C11H16N6O2S/c1-4-7(17-11(14-2)20-4)6(13)9(18)16-8-5(3-12)15-10(8)19/h5,8,13H,3,12H2,1-2H3,(H,14,17)(H,15,19)(H,16,18). The molecule has 6 N–H and O–H groups in total. The summed E-state index contributed by atoms with van der Waals surface area (Å²) in [7, 11) is 1.72. The number of anilines is 1. The average Bonchev–Trinajstić information content (AvgIpc) is 2.81. The molecule has 0 aromatic carbocycles. The van der Waals surface area contributed by atoms with Gasteiger partial charge in [0.2, 0.25) is 5.91 Å². The second-order valence-corrected chi connectivity index (χ2v) is 5.55. The number of aryl methyl sites for hydroxylation is 1. The lowest BCUT2D eigenvalue weighted by Gasteiger charge is -2.36. The Labute approximate surface area is 119 Å². The van der Waals surface area contributed by atoms with Crippen LogP contribution < -0.4 is 21.7 Å². The van der Waals surface area contributed by atoms with E-state index in [1.54, 1.807) is 14.0 Å². The summed E-state index contributed by atoms with van der Waals surface area (Å²) in [6.45, 7) is 2.03. The Morgan fingerprint density at radius 2 is 2.30 bits per heavy atom. The molecule has 8 nitrogen and oxygen atoms in total. The van der Waals surface area contributed by atoms with Crippen molar-refractivity contribution in [2.45, 2.75) is 19.0 Å². The Bertz CT molecular complexity index is 569. The average molecular weight is 296 g/mol. The minimum Gasteiger partial charge on any atom is -0.365 e. The quantitative estimate of drug-likeness (QED) is 0.344. The van der Waals surface area contributed by atoms with Crippen LogP contribution >= 0.6 is 11.3 Å². The second-order valence-electron chi connectivity index (χ2n) is 4.35. The van der Waals surface area contributed by atoms with Gasteiger partial charge in [0.05, 0.1) is 6.04 Å². The van der Waals surface area contributed by atoms with Gasteiger partial charge in [-0.15, -0.1) is 11.3 Å². The molecule has 1 fully saturated rings. The molecule has 0 spiro atoms. The molecule has 1 aliphatic rings. The number of nitrogens with one attached hydrogen (secondary N) is 4. The summed E-state index contributed by atoms with van der Waals surface area (Å²) in [4.78, 5) is 28.2. The Kier molecular flexibility index (Phi) is 4.00. The number of carbonyl (C=O) groups excluding carboxylic acids is 2. The molecular formula is C11H16N6O2S. The van der Waals surface area contributed by atoms with Gasteiger partial charge in [0.25, 0.3) is 5.91 Å². The molecule has 9 heteroatoms. The lowest BCUT2D eigenvalue weighted by Crippen LogP contribution is -2.71. The summed E-state index contributed by atoms with van der Waals surface area (Å²) in [6.07, 6.45) is 0. The third-order valence-electron chi connectivity index (χ3n) is 3.03. The van der Waals surface area contributed by atoms with Crippen molar-refractivity contribution in [3.8, 4) is 0 Å². The smallest absolute Gasteiger partial charge is 0.272 e. The topological polar surface area (TPSA) is 133 Å². The molecule has 20 heavy (non-hydrogen) atoms. The molecule has 1 aromatic rings. The van der Waals surface area contributed by atoms with Crippen LogP contribution in [0.2, 0.25) is 0 Å². The van der Waals surface area contributed by atoms with E-state index in [1.165, 1.54) is 11.3 Å². The summed E-state index contributed by atoms with van der Waals surface area (Å²) in [5.74, 6) is -0.910. The monoisotopic (exact) mass is 296 g/mol. The molecule has 0 bridgehead atoms. The first kappa shape index (κ1) is 14.4. The summed E-state index contributed by atoms with van der Waals surface area (Å²) in [5.41, 5.74) is 5.52. The van der Waals surface area contributed by atoms with Crippen molar-refractivity contribution >= 4 is 34.0 Å². The number of thiazole rings is 1. The van der Waals surface area contributed by atoms with Crippen LogP contribution in [0.25, 0.3) is 0 Å². The van der Waals surface area contributed by atoms with Gasteiger partial charge in [0, 0.05) is 18.5 Å². The number of carbonyl (C=O) groups is 2.